The van der Waals surface area contributed by atoms with Crippen LogP contribution in [0.15, 0.2) is 33.6 Å². The van der Waals surface area contributed by atoms with E-state index in [-0.39, 0.29) is 6.61 Å². The number of nitrogens with zero attached hydrogens (tertiary/aromatic N) is 3. The fraction of sp³-hybridized carbons (Fsp3) is 0.231. The molecule has 19 heavy (non-hydrogen) atoms. The Labute approximate surface area is 118 Å². The minimum Gasteiger partial charge on any atom is -0.443 e. The van der Waals surface area contributed by atoms with Crippen LogP contribution in [0.25, 0.3) is 22.4 Å². The highest BCUT2D eigenvalue weighted by atomic mass is 79.9. The second kappa shape index (κ2) is 4.79. The highest BCUT2D eigenvalue weighted by Crippen LogP contribution is 2.30. The molecule has 6 heteroatoms. The first-order chi connectivity index (χ1) is 9.20. The summed E-state index contributed by atoms with van der Waals surface area (Å²) >= 11 is 3.47. The molecule has 1 N–H and O–H groups in total. The quantitative estimate of drug-likeness (QED) is 0.805. The fourth-order valence-corrected chi connectivity index (χ4v) is 2.85. The largest absolute Gasteiger partial charge is 0.443 e. The molecule has 0 saturated heterocycles. The number of oxazole rings is 1. The minimum atomic E-state index is 0.0812. The number of benzene rings is 1. The van der Waals surface area contributed by atoms with E-state index in [9.17, 15) is 0 Å². The fourth-order valence-electron chi connectivity index (χ4n) is 2.15. The average Bonchev–Trinajstić information content (AvgIpc) is 2.95. The Balaban J connectivity index is 2.14. The van der Waals surface area contributed by atoms with Crippen molar-refractivity contribution in [3.63, 3.8) is 0 Å². The van der Waals surface area contributed by atoms with E-state index in [1.54, 1.807) is 0 Å². The third-order valence-electron chi connectivity index (χ3n) is 3.09. The molecule has 3 aromatic rings. The van der Waals surface area contributed by atoms with E-state index in [4.69, 9.17) is 9.52 Å². The number of hydrogen-bond acceptors (Lipinski definition) is 4. The maximum absolute atomic E-state index is 9.04. The molecule has 2 aromatic heterocycles. The maximum Gasteiger partial charge on any atom is 0.181 e. The van der Waals surface area contributed by atoms with Gasteiger partial charge in [0, 0.05) is 19.0 Å². The van der Waals surface area contributed by atoms with E-state index < -0.39 is 0 Å². The molecule has 0 radical (unpaired) electrons. The third kappa shape index (κ3) is 2.06. The second-order valence-corrected chi connectivity index (χ2v) is 4.99. The molecule has 0 bridgehead atoms. The van der Waals surface area contributed by atoms with Crippen molar-refractivity contribution in [1.29, 1.82) is 0 Å². The lowest BCUT2D eigenvalue weighted by Crippen LogP contribution is -2.02. The lowest BCUT2D eigenvalue weighted by molar-refractivity contribution is 0.295. The van der Waals surface area contributed by atoms with Crippen LogP contribution in [0.2, 0.25) is 0 Å². The van der Waals surface area contributed by atoms with E-state index in [0.29, 0.717) is 6.42 Å². The van der Waals surface area contributed by atoms with Gasteiger partial charge in [0.2, 0.25) is 0 Å². The first-order valence-electron chi connectivity index (χ1n) is 5.86. The Bertz CT molecular complexity index is 733. The van der Waals surface area contributed by atoms with Gasteiger partial charge in [-0.3, -0.25) is 0 Å². The molecular weight excluding hydrogens is 310 g/mol. The third-order valence-corrected chi connectivity index (χ3v) is 3.64. The topological polar surface area (TPSA) is 64.1 Å². The zero-order valence-corrected chi connectivity index (χ0v) is 11.9. The van der Waals surface area contributed by atoms with Crippen molar-refractivity contribution < 1.29 is 9.52 Å². The number of aliphatic hydroxyl groups is 1. The molecule has 0 saturated carbocycles. The average molecular weight is 322 g/mol. The summed E-state index contributed by atoms with van der Waals surface area (Å²) in [7, 11) is 1.93. The van der Waals surface area contributed by atoms with E-state index in [0.717, 1.165) is 32.8 Å². The summed E-state index contributed by atoms with van der Waals surface area (Å²) in [5.41, 5.74) is 3.53. The van der Waals surface area contributed by atoms with Gasteiger partial charge in [-0.15, -0.1) is 0 Å². The number of hydrogen-bond donors (Lipinski definition) is 1. The van der Waals surface area contributed by atoms with Crippen LogP contribution in [0.5, 0.6) is 0 Å². The van der Waals surface area contributed by atoms with Gasteiger partial charge in [-0.25, -0.2) is 9.97 Å². The Morgan fingerprint density at radius 3 is 3.05 bits per heavy atom. The minimum absolute atomic E-state index is 0.0812. The predicted octanol–water partition coefficient (Wildman–Crippen LogP) is 2.53. The number of fused-ring (bicyclic) bond motifs is 1. The Morgan fingerprint density at radius 1 is 1.42 bits per heavy atom. The smallest absolute Gasteiger partial charge is 0.181 e. The van der Waals surface area contributed by atoms with E-state index in [1.165, 1.54) is 6.39 Å². The number of rotatable bonds is 3. The summed E-state index contributed by atoms with van der Waals surface area (Å²) in [4.78, 5) is 8.52. The van der Waals surface area contributed by atoms with Crippen molar-refractivity contribution in [2.24, 2.45) is 7.05 Å². The summed E-state index contributed by atoms with van der Waals surface area (Å²) < 4.78 is 8.05. The van der Waals surface area contributed by atoms with Crippen molar-refractivity contribution in [2.75, 3.05) is 6.61 Å². The van der Waals surface area contributed by atoms with Crippen molar-refractivity contribution in [1.82, 2.24) is 14.5 Å². The zero-order valence-electron chi connectivity index (χ0n) is 10.3. The Kier molecular flexibility index (Phi) is 3.12. The van der Waals surface area contributed by atoms with Crippen LogP contribution in [-0.2, 0) is 13.5 Å². The summed E-state index contributed by atoms with van der Waals surface area (Å²) in [6, 6.07) is 5.83. The number of aromatic nitrogens is 3. The summed E-state index contributed by atoms with van der Waals surface area (Å²) in [6.07, 6.45) is 1.96. The normalized spacial score (nSPS) is 11.3. The first-order valence-corrected chi connectivity index (χ1v) is 6.65. The van der Waals surface area contributed by atoms with Crippen molar-refractivity contribution >= 4 is 27.0 Å². The molecule has 0 amide bonds. The highest BCUT2D eigenvalue weighted by molar-refractivity contribution is 9.10. The van der Waals surface area contributed by atoms with Gasteiger partial charge < -0.3 is 14.1 Å². The number of aliphatic hydroxyl groups excluding tert-OH is 1. The molecule has 0 unspecified atom stereocenters. The molecule has 0 fully saturated rings. The highest BCUT2D eigenvalue weighted by Gasteiger charge is 2.15. The van der Waals surface area contributed by atoms with E-state index >= 15 is 0 Å². The Hall–Kier alpha value is -1.66. The second-order valence-electron chi connectivity index (χ2n) is 4.23. The summed E-state index contributed by atoms with van der Waals surface area (Å²) in [6.45, 7) is 0.0812. The summed E-state index contributed by atoms with van der Waals surface area (Å²) in [5.74, 6) is 0.835. The van der Waals surface area contributed by atoms with Crippen LogP contribution < -0.4 is 0 Å². The van der Waals surface area contributed by atoms with Gasteiger partial charge in [-0.1, -0.05) is 6.07 Å². The van der Waals surface area contributed by atoms with Crippen LogP contribution >= 0.6 is 15.9 Å². The SMILES string of the molecule is Cn1c(CCO)nc(Br)c1-c1ccc2ncoc2c1. The van der Waals surface area contributed by atoms with Gasteiger partial charge >= 0.3 is 0 Å². The van der Waals surface area contributed by atoms with Crippen molar-refractivity contribution in [3.05, 3.63) is 35.0 Å². The lowest BCUT2D eigenvalue weighted by atomic mass is 10.1. The van der Waals surface area contributed by atoms with Crippen molar-refractivity contribution in [2.45, 2.75) is 6.42 Å². The van der Waals surface area contributed by atoms with Crippen LogP contribution in [0.3, 0.4) is 0 Å². The van der Waals surface area contributed by atoms with Gasteiger partial charge in [0.1, 0.15) is 15.9 Å². The van der Waals surface area contributed by atoms with Gasteiger partial charge in [-0.2, -0.15) is 0 Å². The van der Waals surface area contributed by atoms with Crippen LogP contribution in [-0.4, -0.2) is 26.2 Å². The molecule has 3 rings (SSSR count). The molecule has 0 aliphatic heterocycles. The first kappa shape index (κ1) is 12.4. The standard InChI is InChI=1S/C13H12BrN3O2/c1-17-11(4-5-18)16-13(14)12(17)8-2-3-9-10(6-8)19-7-15-9/h2-3,6-7,18H,4-5H2,1H3. The van der Waals surface area contributed by atoms with Gasteiger partial charge in [0.15, 0.2) is 12.0 Å². The molecule has 5 nitrogen and oxygen atoms in total. The molecule has 1 aromatic carbocycles. The van der Waals surface area contributed by atoms with Crippen LogP contribution in [0.4, 0.5) is 0 Å². The van der Waals surface area contributed by atoms with Crippen LogP contribution in [0, 0.1) is 0 Å². The molecule has 0 aliphatic carbocycles. The predicted molar refractivity (Wildman–Crippen MR) is 74.7 cm³/mol. The molecule has 0 spiro atoms. The molecule has 2 heterocycles. The lowest BCUT2D eigenvalue weighted by Gasteiger charge is -2.05. The van der Waals surface area contributed by atoms with E-state index in [1.807, 2.05) is 29.8 Å². The number of halogens is 1. The van der Waals surface area contributed by atoms with Gasteiger partial charge in [0.25, 0.3) is 0 Å². The molecule has 0 atom stereocenters. The molecule has 98 valence electrons. The maximum atomic E-state index is 9.04. The molecule has 0 aliphatic rings. The van der Waals surface area contributed by atoms with Crippen LogP contribution in [0.1, 0.15) is 5.82 Å². The molecular formula is C13H12BrN3O2. The Morgan fingerprint density at radius 2 is 2.26 bits per heavy atom. The monoisotopic (exact) mass is 321 g/mol. The summed E-state index contributed by atoms with van der Waals surface area (Å²) in [5, 5.41) is 9.04. The number of imidazole rings is 1. The van der Waals surface area contributed by atoms with Crippen molar-refractivity contribution in [3.8, 4) is 11.3 Å². The van der Waals surface area contributed by atoms with Gasteiger partial charge in [0.05, 0.1) is 12.3 Å². The van der Waals surface area contributed by atoms with Gasteiger partial charge in [-0.05, 0) is 28.1 Å². The van der Waals surface area contributed by atoms with E-state index in [2.05, 4.69) is 25.9 Å². The zero-order chi connectivity index (χ0) is 13.4.